The first-order valence-corrected chi connectivity index (χ1v) is 7.14. The molecule has 0 spiro atoms. The Morgan fingerprint density at radius 2 is 2.00 bits per heavy atom. The average Bonchev–Trinajstić information content (AvgIpc) is 2.97. The number of carbonyl (C=O) groups is 2. The van der Waals surface area contributed by atoms with E-state index in [1.165, 1.54) is 6.20 Å². The van der Waals surface area contributed by atoms with Crippen molar-refractivity contribution in [2.24, 2.45) is 0 Å². The van der Waals surface area contributed by atoms with Crippen molar-refractivity contribution in [2.75, 3.05) is 6.54 Å². The molecule has 1 N–H and O–H groups in total. The molecule has 0 atom stereocenters. The second-order valence-electron chi connectivity index (χ2n) is 5.05. The average molecular weight is 301 g/mol. The molecule has 1 heterocycles. The number of esters is 1. The molecule has 0 aliphatic heterocycles. The molecular formula is C16H19N3O3. The number of ether oxygens (including phenoxy) is 1. The maximum atomic E-state index is 12.0. The van der Waals surface area contributed by atoms with Crippen LogP contribution in [0.2, 0.25) is 0 Å². The van der Waals surface area contributed by atoms with E-state index in [1.54, 1.807) is 24.7 Å². The highest BCUT2D eigenvalue weighted by Gasteiger charge is 2.10. The van der Waals surface area contributed by atoms with E-state index in [1.807, 2.05) is 30.3 Å². The van der Waals surface area contributed by atoms with Crippen molar-refractivity contribution in [3.05, 3.63) is 48.3 Å². The lowest BCUT2D eigenvalue weighted by atomic mass is 10.3. The van der Waals surface area contributed by atoms with Crippen LogP contribution in [0.5, 0.6) is 0 Å². The zero-order valence-corrected chi connectivity index (χ0v) is 12.7. The Morgan fingerprint density at radius 3 is 2.68 bits per heavy atom. The molecule has 1 aromatic carbocycles. The molecule has 6 nitrogen and oxygen atoms in total. The summed E-state index contributed by atoms with van der Waals surface area (Å²) in [6.45, 7) is 3.81. The van der Waals surface area contributed by atoms with Gasteiger partial charge in [-0.1, -0.05) is 18.2 Å². The van der Waals surface area contributed by atoms with Gasteiger partial charge in [-0.25, -0.2) is 4.68 Å². The molecule has 0 saturated carbocycles. The van der Waals surface area contributed by atoms with Crippen molar-refractivity contribution >= 4 is 11.9 Å². The summed E-state index contributed by atoms with van der Waals surface area (Å²) >= 11 is 0. The van der Waals surface area contributed by atoms with Crippen molar-refractivity contribution in [3.8, 4) is 5.69 Å². The molecule has 0 radical (unpaired) electrons. The maximum absolute atomic E-state index is 12.0. The van der Waals surface area contributed by atoms with Gasteiger partial charge in [0.2, 0.25) is 0 Å². The number of benzene rings is 1. The lowest BCUT2D eigenvalue weighted by Gasteiger charge is -2.08. The quantitative estimate of drug-likeness (QED) is 0.828. The van der Waals surface area contributed by atoms with Gasteiger partial charge >= 0.3 is 5.97 Å². The number of amides is 1. The third-order valence-electron chi connectivity index (χ3n) is 2.85. The van der Waals surface area contributed by atoms with E-state index in [0.717, 1.165) is 5.69 Å². The van der Waals surface area contributed by atoms with Gasteiger partial charge in [-0.2, -0.15) is 5.10 Å². The maximum Gasteiger partial charge on any atom is 0.307 e. The molecule has 1 aromatic heterocycles. The van der Waals surface area contributed by atoms with E-state index in [0.29, 0.717) is 5.56 Å². The van der Waals surface area contributed by atoms with Gasteiger partial charge in [-0.15, -0.1) is 0 Å². The number of aromatic nitrogens is 2. The Bertz CT molecular complexity index is 635. The fraction of sp³-hybridized carbons (Fsp3) is 0.312. The number of hydrogen-bond acceptors (Lipinski definition) is 4. The first kappa shape index (κ1) is 15.8. The van der Waals surface area contributed by atoms with Crippen molar-refractivity contribution in [2.45, 2.75) is 26.4 Å². The number of hydrogen-bond donors (Lipinski definition) is 1. The molecule has 1 amide bonds. The monoisotopic (exact) mass is 301 g/mol. The molecule has 0 aliphatic carbocycles. The van der Waals surface area contributed by atoms with Gasteiger partial charge in [0.1, 0.15) is 0 Å². The summed E-state index contributed by atoms with van der Waals surface area (Å²) in [5.41, 5.74) is 1.32. The highest BCUT2D eigenvalue weighted by atomic mass is 16.5. The van der Waals surface area contributed by atoms with Crippen molar-refractivity contribution in [3.63, 3.8) is 0 Å². The molecule has 2 rings (SSSR count). The van der Waals surface area contributed by atoms with Crippen LogP contribution >= 0.6 is 0 Å². The van der Waals surface area contributed by atoms with Crippen LogP contribution in [-0.4, -0.2) is 34.3 Å². The molecule has 0 unspecified atom stereocenters. The normalized spacial score (nSPS) is 10.5. The Hall–Kier alpha value is -2.63. The predicted octanol–water partition coefficient (Wildman–Crippen LogP) is 1.94. The van der Waals surface area contributed by atoms with Crippen molar-refractivity contribution in [1.82, 2.24) is 15.1 Å². The van der Waals surface area contributed by atoms with Gasteiger partial charge < -0.3 is 10.1 Å². The van der Waals surface area contributed by atoms with Crippen molar-refractivity contribution in [1.29, 1.82) is 0 Å². The number of para-hydroxylation sites is 1. The van der Waals surface area contributed by atoms with Gasteiger partial charge in [0, 0.05) is 12.7 Å². The summed E-state index contributed by atoms with van der Waals surface area (Å²) in [6.07, 6.45) is 3.15. The lowest BCUT2D eigenvalue weighted by Crippen LogP contribution is -2.26. The third kappa shape index (κ3) is 4.44. The van der Waals surface area contributed by atoms with Gasteiger partial charge in [-0.3, -0.25) is 9.59 Å². The molecule has 0 bridgehead atoms. The summed E-state index contributed by atoms with van der Waals surface area (Å²) in [7, 11) is 0. The SMILES string of the molecule is CC(C)OC(=O)CCNC(=O)c1cnn(-c2ccccc2)c1. The molecule has 22 heavy (non-hydrogen) atoms. The standard InChI is InChI=1S/C16H19N3O3/c1-12(2)22-15(20)8-9-17-16(21)13-10-18-19(11-13)14-6-4-3-5-7-14/h3-7,10-12H,8-9H2,1-2H3,(H,17,21). The predicted molar refractivity (Wildman–Crippen MR) is 81.7 cm³/mol. The van der Waals surface area contributed by atoms with Crippen LogP contribution in [0.4, 0.5) is 0 Å². The first-order chi connectivity index (χ1) is 10.6. The lowest BCUT2D eigenvalue weighted by molar-refractivity contribution is -0.147. The van der Waals surface area contributed by atoms with Gasteiger partial charge in [-0.05, 0) is 26.0 Å². The molecule has 2 aromatic rings. The van der Waals surface area contributed by atoms with E-state index in [9.17, 15) is 9.59 Å². The minimum absolute atomic E-state index is 0.146. The second kappa shape index (κ2) is 7.40. The van der Waals surface area contributed by atoms with Crippen molar-refractivity contribution < 1.29 is 14.3 Å². The number of nitrogens with zero attached hydrogens (tertiary/aromatic N) is 2. The fourth-order valence-corrected chi connectivity index (χ4v) is 1.86. The summed E-state index contributed by atoms with van der Waals surface area (Å²) in [5.74, 6) is -0.588. The van der Waals surface area contributed by atoms with E-state index >= 15 is 0 Å². The van der Waals surface area contributed by atoms with Crippen LogP contribution in [0.1, 0.15) is 30.6 Å². The molecule has 6 heteroatoms. The summed E-state index contributed by atoms with van der Waals surface area (Å²) < 4.78 is 6.62. The Kier molecular flexibility index (Phi) is 5.30. The van der Waals surface area contributed by atoms with Crippen LogP contribution in [0.15, 0.2) is 42.7 Å². The van der Waals surface area contributed by atoms with Gasteiger partial charge in [0.05, 0.1) is 30.0 Å². The van der Waals surface area contributed by atoms with E-state index in [4.69, 9.17) is 4.74 Å². The molecule has 116 valence electrons. The summed E-state index contributed by atoms with van der Waals surface area (Å²) in [5, 5.41) is 6.83. The number of rotatable bonds is 6. The smallest absolute Gasteiger partial charge is 0.307 e. The van der Waals surface area contributed by atoms with Gasteiger partial charge in [0.15, 0.2) is 0 Å². The van der Waals surface area contributed by atoms with E-state index in [-0.39, 0.29) is 30.9 Å². The second-order valence-corrected chi connectivity index (χ2v) is 5.05. The minimum atomic E-state index is -0.324. The van der Waals surface area contributed by atoms with E-state index in [2.05, 4.69) is 10.4 Å². The zero-order valence-electron chi connectivity index (χ0n) is 12.7. The Balaban J connectivity index is 1.86. The van der Waals surface area contributed by atoms with Crippen LogP contribution in [0, 0.1) is 0 Å². The number of nitrogens with one attached hydrogen (secondary N) is 1. The fourth-order valence-electron chi connectivity index (χ4n) is 1.86. The van der Waals surface area contributed by atoms with Crippen LogP contribution in [0.25, 0.3) is 5.69 Å². The Morgan fingerprint density at radius 1 is 1.27 bits per heavy atom. The minimum Gasteiger partial charge on any atom is -0.463 e. The number of carbonyl (C=O) groups excluding carboxylic acids is 2. The van der Waals surface area contributed by atoms with Crippen LogP contribution in [0.3, 0.4) is 0 Å². The first-order valence-electron chi connectivity index (χ1n) is 7.14. The van der Waals surface area contributed by atoms with Gasteiger partial charge in [0.25, 0.3) is 5.91 Å². The molecule has 0 aliphatic rings. The third-order valence-corrected chi connectivity index (χ3v) is 2.85. The topological polar surface area (TPSA) is 73.2 Å². The van der Waals surface area contributed by atoms with Crippen LogP contribution < -0.4 is 5.32 Å². The highest BCUT2D eigenvalue weighted by molar-refractivity contribution is 5.93. The molecular weight excluding hydrogens is 282 g/mol. The van der Waals surface area contributed by atoms with E-state index < -0.39 is 0 Å². The Labute approximate surface area is 129 Å². The molecule has 0 fully saturated rings. The molecule has 0 saturated heterocycles. The highest BCUT2D eigenvalue weighted by Crippen LogP contribution is 2.07. The largest absolute Gasteiger partial charge is 0.463 e. The summed E-state index contributed by atoms with van der Waals surface area (Å²) in [6, 6.07) is 9.51. The summed E-state index contributed by atoms with van der Waals surface area (Å²) in [4.78, 5) is 23.3. The van der Waals surface area contributed by atoms with Crippen LogP contribution in [-0.2, 0) is 9.53 Å². The zero-order chi connectivity index (χ0) is 15.9.